The Labute approximate surface area is 155 Å². The number of rotatable bonds is 7. The summed E-state index contributed by atoms with van der Waals surface area (Å²) in [5, 5.41) is 4.87. The van der Waals surface area contributed by atoms with E-state index < -0.39 is 5.82 Å². The van der Waals surface area contributed by atoms with Crippen molar-refractivity contribution in [1.29, 1.82) is 0 Å². The van der Waals surface area contributed by atoms with E-state index in [4.69, 9.17) is 4.74 Å². The van der Waals surface area contributed by atoms with Gasteiger partial charge in [-0.25, -0.2) is 9.37 Å². The van der Waals surface area contributed by atoms with Crippen molar-refractivity contribution in [3.8, 4) is 16.3 Å². The van der Waals surface area contributed by atoms with Crippen LogP contribution in [0.25, 0.3) is 10.6 Å². The number of aromatic nitrogens is 1. The lowest BCUT2D eigenvalue weighted by atomic mass is 10.2. The lowest BCUT2D eigenvalue weighted by Gasteiger charge is -2.07. The summed E-state index contributed by atoms with van der Waals surface area (Å²) in [5.41, 5.74) is 1.68. The minimum atomic E-state index is -0.426. The van der Waals surface area contributed by atoms with E-state index in [1.54, 1.807) is 17.5 Å². The van der Waals surface area contributed by atoms with Crippen LogP contribution < -0.4 is 10.1 Å². The van der Waals surface area contributed by atoms with E-state index in [-0.39, 0.29) is 5.91 Å². The van der Waals surface area contributed by atoms with Gasteiger partial charge in [0.15, 0.2) is 0 Å². The molecule has 1 N–H and O–H groups in total. The minimum Gasteiger partial charge on any atom is -0.489 e. The quantitative estimate of drug-likeness (QED) is 0.658. The summed E-state index contributed by atoms with van der Waals surface area (Å²) in [6.45, 7) is 2.94. The van der Waals surface area contributed by atoms with E-state index in [2.05, 4.69) is 10.3 Å². The number of halogens is 1. The molecule has 2 aromatic carbocycles. The minimum absolute atomic E-state index is 0.238. The highest BCUT2D eigenvalue weighted by Crippen LogP contribution is 2.29. The molecule has 4 nitrogen and oxygen atoms in total. The van der Waals surface area contributed by atoms with E-state index in [9.17, 15) is 9.18 Å². The number of thiazole rings is 1. The smallest absolute Gasteiger partial charge is 0.270 e. The van der Waals surface area contributed by atoms with Crippen molar-refractivity contribution in [2.75, 3.05) is 6.54 Å². The maximum atomic E-state index is 14.5. The number of amides is 1. The van der Waals surface area contributed by atoms with Crippen LogP contribution in [0, 0.1) is 5.82 Å². The van der Waals surface area contributed by atoms with Gasteiger partial charge in [0.1, 0.15) is 28.9 Å². The van der Waals surface area contributed by atoms with Crippen molar-refractivity contribution in [3.05, 3.63) is 71.0 Å². The van der Waals surface area contributed by atoms with Crippen LogP contribution in [0.3, 0.4) is 0 Å². The maximum Gasteiger partial charge on any atom is 0.270 e. The fourth-order valence-electron chi connectivity index (χ4n) is 2.33. The van der Waals surface area contributed by atoms with Gasteiger partial charge in [0.05, 0.1) is 0 Å². The molecule has 0 saturated heterocycles. The maximum absolute atomic E-state index is 14.5. The Hall–Kier alpha value is -2.73. The van der Waals surface area contributed by atoms with E-state index in [0.717, 1.165) is 12.0 Å². The van der Waals surface area contributed by atoms with Crippen LogP contribution in [0.2, 0.25) is 0 Å². The Balaban J connectivity index is 1.69. The molecule has 0 radical (unpaired) electrons. The molecule has 3 rings (SSSR count). The summed E-state index contributed by atoms with van der Waals surface area (Å²) in [7, 11) is 0. The van der Waals surface area contributed by atoms with Crippen molar-refractivity contribution in [3.63, 3.8) is 0 Å². The van der Waals surface area contributed by atoms with Crippen LogP contribution in [0.4, 0.5) is 4.39 Å². The first-order valence-corrected chi connectivity index (χ1v) is 9.25. The lowest BCUT2D eigenvalue weighted by Crippen LogP contribution is -2.24. The molecule has 0 aliphatic heterocycles. The molecule has 1 amide bonds. The fraction of sp³-hybridized carbons (Fsp3) is 0.200. The second-order valence-corrected chi connectivity index (χ2v) is 6.57. The van der Waals surface area contributed by atoms with E-state index >= 15 is 0 Å². The number of carbonyl (C=O) groups is 1. The molecule has 134 valence electrons. The lowest BCUT2D eigenvalue weighted by molar-refractivity contribution is 0.0949. The number of nitrogens with zero attached hydrogens (tertiary/aromatic N) is 1. The van der Waals surface area contributed by atoms with Crippen LogP contribution in [-0.4, -0.2) is 17.4 Å². The van der Waals surface area contributed by atoms with Crippen LogP contribution >= 0.6 is 11.3 Å². The standard InChI is InChI=1S/C20H19FN2O2S/c1-2-10-22-19(24)18-13-26-20(23-18)16-9-8-15(11-17(16)21)25-12-14-6-4-3-5-7-14/h3-9,11,13H,2,10,12H2,1H3,(H,22,24). The monoisotopic (exact) mass is 370 g/mol. The molecule has 26 heavy (non-hydrogen) atoms. The molecule has 0 atom stereocenters. The van der Waals surface area contributed by atoms with E-state index in [1.807, 2.05) is 37.3 Å². The number of hydrogen-bond acceptors (Lipinski definition) is 4. The third-order valence-electron chi connectivity index (χ3n) is 3.69. The highest BCUT2D eigenvalue weighted by molar-refractivity contribution is 7.13. The van der Waals surface area contributed by atoms with Crippen molar-refractivity contribution in [2.45, 2.75) is 20.0 Å². The zero-order chi connectivity index (χ0) is 18.4. The molecule has 1 heterocycles. The summed E-state index contributed by atoms with van der Waals surface area (Å²) in [5.74, 6) is -0.212. The average Bonchev–Trinajstić information content (AvgIpc) is 3.15. The SMILES string of the molecule is CCCNC(=O)c1csc(-c2ccc(OCc3ccccc3)cc2F)n1. The third kappa shape index (κ3) is 4.46. The third-order valence-corrected chi connectivity index (χ3v) is 4.57. The molecule has 3 aromatic rings. The highest BCUT2D eigenvalue weighted by atomic mass is 32.1. The Bertz CT molecular complexity index is 881. The van der Waals surface area contributed by atoms with Gasteiger partial charge in [-0.3, -0.25) is 4.79 Å². The number of nitrogens with one attached hydrogen (secondary N) is 1. The predicted molar refractivity (Wildman–Crippen MR) is 101 cm³/mol. The zero-order valence-corrected chi connectivity index (χ0v) is 15.2. The Morgan fingerprint density at radius 3 is 2.77 bits per heavy atom. The number of benzene rings is 2. The molecule has 0 bridgehead atoms. The molecule has 0 aliphatic carbocycles. The second-order valence-electron chi connectivity index (χ2n) is 5.71. The van der Waals surface area contributed by atoms with Crippen LogP contribution in [0.5, 0.6) is 5.75 Å². The molecule has 6 heteroatoms. The van der Waals surface area contributed by atoms with Crippen LogP contribution in [0.15, 0.2) is 53.9 Å². The summed E-state index contributed by atoms with van der Waals surface area (Å²) in [6, 6.07) is 14.4. The molecular weight excluding hydrogens is 351 g/mol. The molecule has 1 aromatic heterocycles. The topological polar surface area (TPSA) is 51.2 Å². The normalized spacial score (nSPS) is 10.5. The highest BCUT2D eigenvalue weighted by Gasteiger charge is 2.14. The summed E-state index contributed by atoms with van der Waals surface area (Å²) >= 11 is 1.24. The Morgan fingerprint density at radius 1 is 1.23 bits per heavy atom. The predicted octanol–water partition coefficient (Wildman–Crippen LogP) is 4.67. The van der Waals surface area contributed by atoms with Crippen molar-refractivity contribution < 1.29 is 13.9 Å². The van der Waals surface area contributed by atoms with Gasteiger partial charge in [0.2, 0.25) is 0 Å². The van der Waals surface area contributed by atoms with Gasteiger partial charge in [-0.15, -0.1) is 11.3 Å². The van der Waals surface area contributed by atoms with Crippen LogP contribution in [0.1, 0.15) is 29.4 Å². The van der Waals surface area contributed by atoms with Crippen molar-refractivity contribution >= 4 is 17.2 Å². The second kappa shape index (κ2) is 8.58. The van der Waals surface area contributed by atoms with Gasteiger partial charge < -0.3 is 10.1 Å². The summed E-state index contributed by atoms with van der Waals surface area (Å²) in [4.78, 5) is 16.2. The van der Waals surface area contributed by atoms with Crippen molar-refractivity contribution in [2.24, 2.45) is 0 Å². The van der Waals surface area contributed by atoms with Crippen molar-refractivity contribution in [1.82, 2.24) is 10.3 Å². The Kier molecular flexibility index (Phi) is 5.96. The van der Waals surface area contributed by atoms with Gasteiger partial charge in [-0.05, 0) is 24.1 Å². The fourth-order valence-corrected chi connectivity index (χ4v) is 3.16. The van der Waals surface area contributed by atoms with E-state index in [1.165, 1.54) is 17.4 Å². The van der Waals surface area contributed by atoms with Gasteiger partial charge in [0, 0.05) is 23.6 Å². The first kappa shape index (κ1) is 18.1. The zero-order valence-electron chi connectivity index (χ0n) is 14.4. The van der Waals surface area contributed by atoms with Gasteiger partial charge in [-0.2, -0.15) is 0 Å². The Morgan fingerprint density at radius 2 is 2.04 bits per heavy atom. The van der Waals surface area contributed by atoms with Crippen LogP contribution in [-0.2, 0) is 6.61 Å². The number of hydrogen-bond donors (Lipinski definition) is 1. The molecular formula is C20H19FN2O2S. The molecule has 0 unspecified atom stereocenters. The van der Waals surface area contributed by atoms with Gasteiger partial charge in [-0.1, -0.05) is 37.3 Å². The summed E-state index contributed by atoms with van der Waals surface area (Å²) in [6.07, 6.45) is 0.849. The molecule has 0 spiro atoms. The van der Waals surface area contributed by atoms with Gasteiger partial charge in [0.25, 0.3) is 5.91 Å². The van der Waals surface area contributed by atoms with E-state index in [0.29, 0.717) is 35.2 Å². The summed E-state index contributed by atoms with van der Waals surface area (Å²) < 4.78 is 20.1. The number of ether oxygens (including phenoxy) is 1. The molecule has 0 fully saturated rings. The number of carbonyl (C=O) groups excluding carboxylic acids is 1. The largest absolute Gasteiger partial charge is 0.489 e. The average molecular weight is 370 g/mol. The molecule has 0 aliphatic rings. The van der Waals surface area contributed by atoms with Gasteiger partial charge >= 0.3 is 0 Å². The molecule has 0 saturated carbocycles. The first-order valence-electron chi connectivity index (χ1n) is 8.37. The first-order chi connectivity index (χ1) is 12.7.